The van der Waals surface area contributed by atoms with Crippen molar-refractivity contribution in [3.63, 3.8) is 0 Å². The summed E-state index contributed by atoms with van der Waals surface area (Å²) >= 11 is 0. The molecule has 0 amide bonds. The summed E-state index contributed by atoms with van der Waals surface area (Å²) in [6, 6.07) is 2.02. The van der Waals surface area contributed by atoms with Crippen LogP contribution in [-0.4, -0.2) is 46.8 Å². The lowest BCUT2D eigenvalue weighted by atomic mass is 9.97. The first-order valence-electron chi connectivity index (χ1n) is 8.78. The maximum atomic E-state index is 9.88. The standard InChI is InChI=1S/C17H34N2O/c1-4-6-11-19(14(3)5-2)16-9-10-17(12-16,13-20)18-15-7-8-15/h14-16,18,20H,4-13H2,1-3H3. The highest BCUT2D eigenvalue weighted by Gasteiger charge is 2.44. The third-order valence-corrected chi connectivity index (χ3v) is 5.37. The lowest BCUT2D eigenvalue weighted by Crippen LogP contribution is -2.50. The van der Waals surface area contributed by atoms with Gasteiger partial charge in [0.1, 0.15) is 0 Å². The summed E-state index contributed by atoms with van der Waals surface area (Å²) in [5, 5.41) is 13.6. The van der Waals surface area contributed by atoms with Crippen molar-refractivity contribution >= 4 is 0 Å². The molecule has 20 heavy (non-hydrogen) atoms. The topological polar surface area (TPSA) is 35.5 Å². The van der Waals surface area contributed by atoms with Gasteiger partial charge in [-0.3, -0.25) is 4.90 Å². The number of hydrogen-bond donors (Lipinski definition) is 2. The Bertz CT molecular complexity index is 293. The van der Waals surface area contributed by atoms with Gasteiger partial charge in [0, 0.05) is 23.7 Å². The van der Waals surface area contributed by atoms with E-state index in [2.05, 4.69) is 31.0 Å². The average Bonchev–Trinajstić information content (AvgIpc) is 3.17. The van der Waals surface area contributed by atoms with Crippen LogP contribution in [0, 0.1) is 0 Å². The van der Waals surface area contributed by atoms with E-state index in [1.807, 2.05) is 0 Å². The molecule has 0 radical (unpaired) electrons. The third-order valence-electron chi connectivity index (χ3n) is 5.37. The van der Waals surface area contributed by atoms with Gasteiger partial charge in [-0.25, -0.2) is 0 Å². The number of rotatable bonds is 9. The van der Waals surface area contributed by atoms with Crippen molar-refractivity contribution in [2.45, 2.75) is 95.8 Å². The van der Waals surface area contributed by atoms with E-state index in [9.17, 15) is 5.11 Å². The zero-order valence-electron chi connectivity index (χ0n) is 13.7. The van der Waals surface area contributed by atoms with Crippen molar-refractivity contribution in [3.8, 4) is 0 Å². The van der Waals surface area contributed by atoms with Crippen LogP contribution in [0.4, 0.5) is 0 Å². The van der Waals surface area contributed by atoms with E-state index in [1.165, 1.54) is 45.1 Å². The minimum atomic E-state index is 0.0176. The van der Waals surface area contributed by atoms with Crippen molar-refractivity contribution in [3.05, 3.63) is 0 Å². The second kappa shape index (κ2) is 7.24. The van der Waals surface area contributed by atoms with Crippen molar-refractivity contribution in [1.82, 2.24) is 10.2 Å². The Morgan fingerprint density at radius 1 is 1.30 bits per heavy atom. The lowest BCUT2D eigenvalue weighted by molar-refractivity contribution is 0.115. The van der Waals surface area contributed by atoms with Gasteiger partial charge in [-0.05, 0) is 58.4 Å². The van der Waals surface area contributed by atoms with Crippen molar-refractivity contribution in [2.75, 3.05) is 13.2 Å². The SMILES string of the molecule is CCCCN(C(C)CC)C1CCC(CO)(NC2CC2)C1. The van der Waals surface area contributed by atoms with Gasteiger partial charge in [0.15, 0.2) is 0 Å². The first-order valence-corrected chi connectivity index (χ1v) is 8.78. The van der Waals surface area contributed by atoms with Crippen LogP contribution in [0.3, 0.4) is 0 Å². The predicted octanol–water partition coefficient (Wildman–Crippen LogP) is 2.92. The van der Waals surface area contributed by atoms with E-state index in [1.54, 1.807) is 0 Å². The average molecular weight is 282 g/mol. The summed E-state index contributed by atoms with van der Waals surface area (Å²) < 4.78 is 0. The monoisotopic (exact) mass is 282 g/mol. The maximum absolute atomic E-state index is 9.88. The lowest BCUT2D eigenvalue weighted by Gasteiger charge is -2.36. The molecule has 0 aromatic rings. The molecular weight excluding hydrogens is 248 g/mol. The summed E-state index contributed by atoms with van der Waals surface area (Å²) in [6.45, 7) is 8.46. The van der Waals surface area contributed by atoms with Crippen LogP contribution in [0.15, 0.2) is 0 Å². The van der Waals surface area contributed by atoms with Crippen LogP contribution in [-0.2, 0) is 0 Å². The number of unbranched alkanes of at least 4 members (excludes halogenated alkanes) is 1. The molecule has 0 aromatic heterocycles. The first-order chi connectivity index (χ1) is 9.64. The molecular formula is C17H34N2O. The van der Waals surface area contributed by atoms with E-state index >= 15 is 0 Å². The fourth-order valence-electron chi connectivity index (χ4n) is 3.70. The maximum Gasteiger partial charge on any atom is 0.0614 e. The van der Waals surface area contributed by atoms with Crippen LogP contribution in [0.25, 0.3) is 0 Å². The molecule has 2 N–H and O–H groups in total. The summed E-state index contributed by atoms with van der Waals surface area (Å²) in [5.74, 6) is 0. The molecule has 0 bridgehead atoms. The molecule has 0 saturated heterocycles. The van der Waals surface area contributed by atoms with Crippen molar-refractivity contribution < 1.29 is 5.11 Å². The fourth-order valence-corrected chi connectivity index (χ4v) is 3.70. The number of aliphatic hydroxyl groups is 1. The predicted molar refractivity (Wildman–Crippen MR) is 85.0 cm³/mol. The third kappa shape index (κ3) is 3.96. The summed E-state index contributed by atoms with van der Waals surface area (Å²) in [7, 11) is 0. The first kappa shape index (κ1) is 16.3. The van der Waals surface area contributed by atoms with Crippen LogP contribution < -0.4 is 5.32 Å². The molecule has 2 saturated carbocycles. The van der Waals surface area contributed by atoms with Gasteiger partial charge in [-0.15, -0.1) is 0 Å². The van der Waals surface area contributed by atoms with Gasteiger partial charge in [-0.2, -0.15) is 0 Å². The van der Waals surface area contributed by atoms with E-state index in [4.69, 9.17) is 0 Å². The molecule has 3 atom stereocenters. The Morgan fingerprint density at radius 2 is 2.05 bits per heavy atom. The van der Waals surface area contributed by atoms with E-state index in [0.29, 0.717) is 24.7 Å². The summed E-state index contributed by atoms with van der Waals surface area (Å²) in [6.07, 6.45) is 9.91. The van der Waals surface area contributed by atoms with Crippen molar-refractivity contribution in [2.24, 2.45) is 0 Å². The molecule has 2 rings (SSSR count). The Balaban J connectivity index is 1.95. The largest absolute Gasteiger partial charge is 0.394 e. The second-order valence-corrected chi connectivity index (χ2v) is 7.10. The van der Waals surface area contributed by atoms with E-state index < -0.39 is 0 Å². The second-order valence-electron chi connectivity index (χ2n) is 7.10. The molecule has 118 valence electrons. The zero-order valence-corrected chi connectivity index (χ0v) is 13.7. The van der Waals surface area contributed by atoms with Gasteiger partial charge >= 0.3 is 0 Å². The van der Waals surface area contributed by atoms with Crippen LogP contribution in [0.1, 0.15) is 72.1 Å². The Labute approximate surface area is 125 Å². The number of hydrogen-bond acceptors (Lipinski definition) is 3. The zero-order chi connectivity index (χ0) is 14.6. The quantitative estimate of drug-likeness (QED) is 0.682. The molecule has 3 nitrogen and oxygen atoms in total. The molecule has 0 aliphatic heterocycles. The molecule has 2 aliphatic rings. The fraction of sp³-hybridized carbons (Fsp3) is 1.00. The number of nitrogens with one attached hydrogen (secondary N) is 1. The van der Waals surface area contributed by atoms with Crippen LogP contribution in [0.2, 0.25) is 0 Å². The molecule has 2 fully saturated rings. The van der Waals surface area contributed by atoms with Crippen LogP contribution >= 0.6 is 0 Å². The molecule has 0 heterocycles. The smallest absolute Gasteiger partial charge is 0.0614 e. The van der Waals surface area contributed by atoms with E-state index in [0.717, 1.165) is 12.8 Å². The minimum Gasteiger partial charge on any atom is -0.394 e. The highest BCUT2D eigenvalue weighted by Crippen LogP contribution is 2.37. The molecule has 3 heteroatoms. The van der Waals surface area contributed by atoms with Gasteiger partial charge in [-0.1, -0.05) is 20.3 Å². The number of aliphatic hydroxyl groups excluding tert-OH is 1. The van der Waals surface area contributed by atoms with E-state index in [-0.39, 0.29) is 5.54 Å². The summed E-state index contributed by atoms with van der Waals surface area (Å²) in [4.78, 5) is 2.72. The van der Waals surface area contributed by atoms with Crippen molar-refractivity contribution in [1.29, 1.82) is 0 Å². The van der Waals surface area contributed by atoms with Gasteiger partial charge in [0.25, 0.3) is 0 Å². The normalized spacial score (nSPS) is 31.9. The molecule has 0 spiro atoms. The highest BCUT2D eigenvalue weighted by atomic mass is 16.3. The van der Waals surface area contributed by atoms with Gasteiger partial charge in [0.2, 0.25) is 0 Å². The summed E-state index contributed by atoms with van der Waals surface area (Å²) in [5.41, 5.74) is 0.0176. The highest BCUT2D eigenvalue weighted by molar-refractivity contribution is 5.03. The van der Waals surface area contributed by atoms with Gasteiger partial charge < -0.3 is 10.4 Å². The number of nitrogens with zero attached hydrogens (tertiary/aromatic N) is 1. The Hall–Kier alpha value is -0.120. The molecule has 0 aromatic carbocycles. The van der Waals surface area contributed by atoms with Gasteiger partial charge in [0.05, 0.1) is 6.61 Å². The minimum absolute atomic E-state index is 0.0176. The molecule has 2 aliphatic carbocycles. The van der Waals surface area contributed by atoms with Crippen LogP contribution in [0.5, 0.6) is 0 Å². The Kier molecular flexibility index (Phi) is 5.88. The Morgan fingerprint density at radius 3 is 2.60 bits per heavy atom. The molecule has 3 unspecified atom stereocenters.